The van der Waals surface area contributed by atoms with Gasteiger partial charge in [0.2, 0.25) is 10.0 Å². The van der Waals surface area contributed by atoms with Crippen LogP contribution in [0.3, 0.4) is 0 Å². The normalized spacial score (nSPS) is 22.8. The van der Waals surface area contributed by atoms with Crippen molar-refractivity contribution in [3.05, 3.63) is 77.1 Å². The summed E-state index contributed by atoms with van der Waals surface area (Å²) >= 11 is 0. The summed E-state index contributed by atoms with van der Waals surface area (Å²) in [6, 6.07) is 13.8. The molecule has 1 unspecified atom stereocenters. The van der Waals surface area contributed by atoms with E-state index in [2.05, 4.69) is 0 Å². The molecule has 0 spiro atoms. The maximum Gasteiger partial charge on any atom is 0.243 e. The van der Waals surface area contributed by atoms with Crippen molar-refractivity contribution in [1.82, 2.24) is 4.31 Å². The zero-order valence-corrected chi connectivity index (χ0v) is 17.2. The predicted octanol–water partition coefficient (Wildman–Crippen LogP) is 4.05. The van der Waals surface area contributed by atoms with Gasteiger partial charge in [0.15, 0.2) is 0 Å². The van der Waals surface area contributed by atoms with Crippen molar-refractivity contribution in [2.75, 3.05) is 13.1 Å². The topological polar surface area (TPSA) is 54.5 Å². The van der Waals surface area contributed by atoms with Crippen LogP contribution in [0.4, 0.5) is 4.39 Å². The fourth-order valence-corrected chi connectivity index (χ4v) is 6.23. The second-order valence-corrected chi connectivity index (χ2v) is 10.0. The van der Waals surface area contributed by atoms with Gasteiger partial charge < -0.3 is 0 Å². The van der Waals surface area contributed by atoms with E-state index in [-0.39, 0.29) is 17.2 Å². The van der Waals surface area contributed by atoms with Gasteiger partial charge in [-0.05, 0) is 43.0 Å². The number of rotatable bonds is 4. The third-order valence-electron chi connectivity index (χ3n) is 6.12. The van der Waals surface area contributed by atoms with Crippen LogP contribution < -0.4 is 0 Å². The van der Waals surface area contributed by atoms with Crippen LogP contribution in [0.25, 0.3) is 0 Å². The van der Waals surface area contributed by atoms with Gasteiger partial charge in [-0.25, -0.2) is 12.8 Å². The maximum absolute atomic E-state index is 13.8. The highest BCUT2D eigenvalue weighted by atomic mass is 32.2. The number of ketones is 1. The number of carbonyl (C=O) groups is 1. The lowest BCUT2D eigenvalue weighted by atomic mass is 9.65. The van der Waals surface area contributed by atoms with Crippen LogP contribution in [-0.4, -0.2) is 31.6 Å². The van der Waals surface area contributed by atoms with Gasteiger partial charge in [0, 0.05) is 31.3 Å². The summed E-state index contributed by atoms with van der Waals surface area (Å²) in [5.41, 5.74) is 2.29. The van der Waals surface area contributed by atoms with Gasteiger partial charge in [-0.1, -0.05) is 48.0 Å². The van der Waals surface area contributed by atoms with Crippen molar-refractivity contribution in [2.45, 2.75) is 37.5 Å². The number of Topliss-reactive ketones (excluding diaryl/α,β-unsaturated/α-hetero) is 1. The smallest absolute Gasteiger partial charge is 0.243 e. The quantitative estimate of drug-likeness (QED) is 0.711. The van der Waals surface area contributed by atoms with Crippen LogP contribution in [0.1, 0.15) is 30.4 Å². The number of benzene rings is 2. The summed E-state index contributed by atoms with van der Waals surface area (Å²) in [7, 11) is -3.85. The Balaban J connectivity index is 1.73. The SMILES string of the molecule is Cc1ccc(F)cc1S(=O)(=O)N1CC=C2CC(=O)CCC2(Cc2ccccc2)C1. The molecule has 152 valence electrons. The van der Waals surface area contributed by atoms with E-state index in [0.29, 0.717) is 37.8 Å². The minimum absolute atomic E-state index is 0.0103. The first-order valence-corrected chi connectivity index (χ1v) is 11.3. The number of aryl methyl sites for hydroxylation is 1. The van der Waals surface area contributed by atoms with Crippen molar-refractivity contribution >= 4 is 15.8 Å². The van der Waals surface area contributed by atoms with Crippen LogP contribution >= 0.6 is 0 Å². The molecular formula is C23H24FNO3S. The van der Waals surface area contributed by atoms with Crippen molar-refractivity contribution in [1.29, 1.82) is 0 Å². The average Bonchev–Trinajstić information content (AvgIpc) is 2.70. The number of sulfonamides is 1. The summed E-state index contributed by atoms with van der Waals surface area (Å²) < 4.78 is 41.9. The summed E-state index contributed by atoms with van der Waals surface area (Å²) in [6.07, 6.45) is 4.05. The highest BCUT2D eigenvalue weighted by Crippen LogP contribution is 2.46. The van der Waals surface area contributed by atoms with Gasteiger partial charge in [-0.15, -0.1) is 0 Å². The van der Waals surface area contributed by atoms with Gasteiger partial charge in [0.05, 0.1) is 4.90 Å². The van der Waals surface area contributed by atoms with Gasteiger partial charge in [0.1, 0.15) is 11.6 Å². The largest absolute Gasteiger partial charge is 0.299 e. The Bertz CT molecular complexity index is 1080. The zero-order chi connectivity index (χ0) is 20.6. The van der Waals surface area contributed by atoms with E-state index in [1.807, 2.05) is 36.4 Å². The highest BCUT2D eigenvalue weighted by Gasteiger charge is 2.45. The molecule has 29 heavy (non-hydrogen) atoms. The highest BCUT2D eigenvalue weighted by molar-refractivity contribution is 7.89. The first-order valence-electron chi connectivity index (χ1n) is 9.82. The van der Waals surface area contributed by atoms with Gasteiger partial charge in [-0.2, -0.15) is 4.31 Å². The monoisotopic (exact) mass is 413 g/mol. The molecule has 4 nitrogen and oxygen atoms in total. The van der Waals surface area contributed by atoms with Crippen LogP contribution in [-0.2, 0) is 21.2 Å². The van der Waals surface area contributed by atoms with Crippen molar-refractivity contribution in [2.24, 2.45) is 5.41 Å². The lowest BCUT2D eigenvalue weighted by Crippen LogP contribution is -2.49. The molecule has 0 amide bonds. The second-order valence-electron chi connectivity index (χ2n) is 8.09. The van der Waals surface area contributed by atoms with Crippen molar-refractivity contribution < 1.29 is 17.6 Å². The molecular weight excluding hydrogens is 389 g/mol. The molecule has 1 aliphatic carbocycles. The summed E-state index contributed by atoms with van der Waals surface area (Å²) in [4.78, 5) is 12.1. The number of carbonyl (C=O) groups excluding carboxylic acids is 1. The van der Waals surface area contributed by atoms with Crippen molar-refractivity contribution in [3.8, 4) is 0 Å². The Hall–Kier alpha value is -2.31. The van der Waals surface area contributed by atoms with Crippen LogP contribution in [0.2, 0.25) is 0 Å². The van der Waals surface area contributed by atoms with E-state index < -0.39 is 21.3 Å². The van der Waals surface area contributed by atoms with Gasteiger partial charge in [-0.3, -0.25) is 4.79 Å². The molecule has 1 aliphatic heterocycles. The van der Waals surface area contributed by atoms with Crippen molar-refractivity contribution in [3.63, 3.8) is 0 Å². The molecule has 4 rings (SSSR count). The number of halogens is 1. The first kappa shape index (κ1) is 20.0. The molecule has 1 atom stereocenters. The predicted molar refractivity (Wildman–Crippen MR) is 109 cm³/mol. The summed E-state index contributed by atoms with van der Waals surface area (Å²) in [5, 5.41) is 0. The van der Waals surface area contributed by atoms with Crippen LogP contribution in [0, 0.1) is 18.2 Å². The summed E-state index contributed by atoms with van der Waals surface area (Å²) in [5.74, 6) is -0.359. The Labute approximate surface area is 171 Å². The van der Waals surface area contributed by atoms with E-state index in [1.54, 1.807) is 6.92 Å². The molecule has 1 fully saturated rings. The van der Waals surface area contributed by atoms with Gasteiger partial charge >= 0.3 is 0 Å². The van der Waals surface area contributed by atoms with E-state index >= 15 is 0 Å². The van der Waals surface area contributed by atoms with E-state index in [0.717, 1.165) is 17.2 Å². The minimum Gasteiger partial charge on any atom is -0.299 e. The third-order valence-corrected chi connectivity index (χ3v) is 8.08. The maximum atomic E-state index is 13.8. The fraction of sp³-hybridized carbons (Fsp3) is 0.348. The fourth-order valence-electron chi connectivity index (χ4n) is 4.53. The Kier molecular flexibility index (Phi) is 5.17. The molecule has 1 heterocycles. The average molecular weight is 414 g/mol. The molecule has 2 aromatic carbocycles. The molecule has 0 aromatic heterocycles. The van der Waals surface area contributed by atoms with Gasteiger partial charge in [0.25, 0.3) is 0 Å². The number of fused-ring (bicyclic) bond motifs is 1. The number of nitrogens with zero attached hydrogens (tertiary/aromatic N) is 1. The number of hydrogen-bond donors (Lipinski definition) is 0. The lowest BCUT2D eigenvalue weighted by Gasteiger charge is -2.45. The Morgan fingerprint density at radius 1 is 1.14 bits per heavy atom. The lowest BCUT2D eigenvalue weighted by molar-refractivity contribution is -0.120. The second kappa shape index (κ2) is 7.50. The molecule has 0 saturated heterocycles. The third kappa shape index (κ3) is 3.79. The molecule has 0 bridgehead atoms. The van der Waals surface area contributed by atoms with E-state index in [1.165, 1.54) is 16.4 Å². The van der Waals surface area contributed by atoms with E-state index in [4.69, 9.17) is 0 Å². The molecule has 1 saturated carbocycles. The first-order chi connectivity index (χ1) is 13.8. The molecule has 0 radical (unpaired) electrons. The van der Waals surface area contributed by atoms with E-state index in [9.17, 15) is 17.6 Å². The summed E-state index contributed by atoms with van der Waals surface area (Å²) in [6.45, 7) is 2.19. The number of hydrogen-bond acceptors (Lipinski definition) is 3. The Morgan fingerprint density at radius 2 is 1.90 bits per heavy atom. The standard InChI is InChI=1S/C23H24FNO3S/c1-17-7-8-20(24)14-22(17)29(27,28)25-12-10-19-13-21(26)9-11-23(19,16-25)15-18-5-3-2-4-6-18/h2-8,10,14H,9,11-13,15-16H2,1H3. The minimum atomic E-state index is -3.85. The van der Waals surface area contributed by atoms with Crippen LogP contribution in [0.5, 0.6) is 0 Å². The van der Waals surface area contributed by atoms with Crippen LogP contribution in [0.15, 0.2) is 65.1 Å². The zero-order valence-electron chi connectivity index (χ0n) is 16.4. The molecule has 6 heteroatoms. The molecule has 2 aromatic rings. The molecule has 2 aliphatic rings. The Morgan fingerprint density at radius 3 is 2.66 bits per heavy atom. The molecule has 0 N–H and O–H groups in total.